The molecule has 2 aromatic rings. The van der Waals surface area contributed by atoms with Crippen LogP contribution in [-0.4, -0.2) is 31.6 Å². The Labute approximate surface area is 180 Å². The van der Waals surface area contributed by atoms with Gasteiger partial charge in [-0.05, 0) is 24.0 Å². The van der Waals surface area contributed by atoms with E-state index in [1.807, 2.05) is 17.0 Å². The first kappa shape index (κ1) is 24.1. The van der Waals surface area contributed by atoms with Crippen LogP contribution >= 0.6 is 0 Å². The molecule has 0 fully saturated rings. The summed E-state index contributed by atoms with van der Waals surface area (Å²) in [5.41, 5.74) is 1.56. The van der Waals surface area contributed by atoms with E-state index in [1.165, 1.54) is 6.08 Å². The summed E-state index contributed by atoms with van der Waals surface area (Å²) in [5.74, 6) is -1.25. The molecule has 0 radical (unpaired) electrons. The first-order chi connectivity index (χ1) is 14.9. The summed E-state index contributed by atoms with van der Waals surface area (Å²) in [7, 11) is -3.84. The average molecular weight is 448 g/mol. The van der Waals surface area contributed by atoms with E-state index < -0.39 is 28.1 Å². The van der Waals surface area contributed by atoms with Crippen molar-refractivity contribution in [3.05, 3.63) is 83.3 Å². The molecule has 2 aromatic carbocycles. The maximum absolute atomic E-state index is 11.9. The van der Waals surface area contributed by atoms with Gasteiger partial charge in [0.1, 0.15) is 12.6 Å². The maximum atomic E-state index is 11.9. The molecule has 1 amide bonds. The highest BCUT2D eigenvalue weighted by Crippen LogP contribution is 2.04. The highest BCUT2D eigenvalue weighted by atomic mass is 32.2. The second-order valence-electron chi connectivity index (χ2n) is 6.45. The number of benzene rings is 2. The molecule has 0 saturated heterocycles. The molecule has 0 bridgehead atoms. The van der Waals surface area contributed by atoms with Gasteiger partial charge >= 0.3 is 12.1 Å². The van der Waals surface area contributed by atoms with E-state index in [-0.39, 0.29) is 26.1 Å². The lowest BCUT2D eigenvalue weighted by Crippen LogP contribution is -2.40. The normalized spacial score (nSPS) is 12.4. The number of nitrogens with one attached hydrogen (secondary N) is 2. The Morgan fingerprint density at radius 2 is 1.55 bits per heavy atom. The summed E-state index contributed by atoms with van der Waals surface area (Å²) in [4.78, 5) is 30.1. The van der Waals surface area contributed by atoms with E-state index in [4.69, 9.17) is 9.57 Å². The third kappa shape index (κ3) is 9.90. The molecular formula is C21H24N2O7S. The van der Waals surface area contributed by atoms with Crippen molar-refractivity contribution in [2.24, 2.45) is 0 Å². The number of alkyl carbamates (subject to hydrolysis) is 1. The van der Waals surface area contributed by atoms with Crippen LogP contribution in [0.4, 0.5) is 4.79 Å². The first-order valence-electron chi connectivity index (χ1n) is 9.40. The monoisotopic (exact) mass is 448 g/mol. The molecule has 2 rings (SSSR count). The van der Waals surface area contributed by atoms with Crippen LogP contribution < -0.4 is 10.2 Å². The average Bonchev–Trinajstić information content (AvgIpc) is 2.75. The fourth-order valence-electron chi connectivity index (χ4n) is 2.42. The summed E-state index contributed by atoms with van der Waals surface area (Å²) in [6.45, 7) is 0.0653. The summed E-state index contributed by atoms with van der Waals surface area (Å²) >= 11 is 0. The van der Waals surface area contributed by atoms with Gasteiger partial charge in [0, 0.05) is 5.41 Å². The Hall–Kier alpha value is -3.21. The van der Waals surface area contributed by atoms with Crippen molar-refractivity contribution in [1.82, 2.24) is 10.2 Å². The molecule has 9 nitrogen and oxygen atoms in total. The van der Waals surface area contributed by atoms with E-state index in [0.717, 1.165) is 16.5 Å². The molecule has 0 aliphatic rings. The topological polar surface area (TPSA) is 131 Å². The van der Waals surface area contributed by atoms with Gasteiger partial charge in [-0.2, -0.15) is 0 Å². The molecule has 3 N–H and O–H groups in total. The van der Waals surface area contributed by atoms with E-state index in [0.29, 0.717) is 0 Å². The largest absolute Gasteiger partial charge is 0.480 e. The number of hydrogen-bond acceptors (Lipinski definition) is 6. The Kier molecular flexibility index (Phi) is 9.69. The Bertz CT molecular complexity index is 964. The van der Waals surface area contributed by atoms with Crippen LogP contribution in [0, 0.1) is 0 Å². The molecule has 0 aromatic heterocycles. The second kappa shape index (κ2) is 12.5. The SMILES string of the molecule is O=C(N[C@@H](CC/C=C/S(=O)(=O)NOCc1ccccc1)C(=O)O)OCc1ccccc1. The van der Waals surface area contributed by atoms with Crippen molar-refractivity contribution in [2.75, 3.05) is 0 Å². The number of carboxylic acid groups (broad SMARTS) is 1. The number of carbonyl (C=O) groups excluding carboxylic acids is 1. The van der Waals surface area contributed by atoms with Gasteiger partial charge in [-0.15, -0.1) is 0 Å². The molecule has 166 valence electrons. The number of sulfonamides is 1. The molecule has 0 unspecified atom stereocenters. The van der Waals surface area contributed by atoms with Crippen molar-refractivity contribution in [3.63, 3.8) is 0 Å². The zero-order valence-electron chi connectivity index (χ0n) is 16.6. The third-order valence-electron chi connectivity index (χ3n) is 3.96. The summed E-state index contributed by atoms with van der Waals surface area (Å²) in [6.07, 6.45) is 0.479. The minimum Gasteiger partial charge on any atom is -0.480 e. The van der Waals surface area contributed by atoms with Crippen molar-refractivity contribution in [1.29, 1.82) is 0 Å². The van der Waals surface area contributed by atoms with Crippen LogP contribution in [0.5, 0.6) is 0 Å². The van der Waals surface area contributed by atoms with Crippen molar-refractivity contribution in [3.8, 4) is 0 Å². The minimum absolute atomic E-state index is 0.00576. The Morgan fingerprint density at radius 1 is 0.968 bits per heavy atom. The summed E-state index contributed by atoms with van der Waals surface area (Å²) in [6, 6.07) is 16.7. The fourth-order valence-corrected chi connectivity index (χ4v) is 3.09. The van der Waals surface area contributed by atoms with Crippen LogP contribution in [0.25, 0.3) is 0 Å². The van der Waals surface area contributed by atoms with E-state index in [2.05, 4.69) is 5.32 Å². The number of ether oxygens (including phenoxy) is 1. The van der Waals surface area contributed by atoms with Gasteiger partial charge in [0.15, 0.2) is 0 Å². The lowest BCUT2D eigenvalue weighted by atomic mass is 10.1. The van der Waals surface area contributed by atoms with Gasteiger partial charge in [0.05, 0.1) is 6.61 Å². The standard InChI is InChI=1S/C21H24N2O7S/c24-20(25)19(22-21(26)29-15-17-9-3-1-4-10-17)13-7-8-14-31(27,28)23-30-16-18-11-5-2-6-12-18/h1-6,8-12,14,19,23H,7,13,15-16H2,(H,22,26)(H,24,25)/b14-8+/t19-/m0/s1. The molecule has 10 heteroatoms. The number of allylic oxidation sites excluding steroid dienone is 1. The lowest BCUT2D eigenvalue weighted by Gasteiger charge is -2.13. The highest BCUT2D eigenvalue weighted by molar-refractivity contribution is 7.92. The van der Waals surface area contributed by atoms with Gasteiger partial charge in [-0.1, -0.05) is 71.6 Å². The van der Waals surface area contributed by atoms with Crippen LogP contribution in [-0.2, 0) is 37.6 Å². The van der Waals surface area contributed by atoms with Gasteiger partial charge in [0.25, 0.3) is 10.0 Å². The van der Waals surface area contributed by atoms with E-state index >= 15 is 0 Å². The Balaban J connectivity index is 1.72. The van der Waals surface area contributed by atoms with Crippen LogP contribution in [0.15, 0.2) is 72.1 Å². The third-order valence-corrected chi connectivity index (χ3v) is 4.86. The number of hydrogen-bond donors (Lipinski definition) is 3. The number of carboxylic acids is 1. The highest BCUT2D eigenvalue weighted by Gasteiger charge is 2.20. The first-order valence-corrected chi connectivity index (χ1v) is 10.9. The van der Waals surface area contributed by atoms with Gasteiger partial charge in [-0.25, -0.2) is 18.0 Å². The predicted molar refractivity (Wildman–Crippen MR) is 113 cm³/mol. The fraction of sp³-hybridized carbons (Fsp3) is 0.238. The Morgan fingerprint density at radius 3 is 2.13 bits per heavy atom. The number of aliphatic carboxylic acids is 1. The smallest absolute Gasteiger partial charge is 0.408 e. The van der Waals surface area contributed by atoms with Crippen LogP contribution in [0.2, 0.25) is 0 Å². The molecule has 31 heavy (non-hydrogen) atoms. The number of carbonyl (C=O) groups is 2. The lowest BCUT2D eigenvalue weighted by molar-refractivity contribution is -0.139. The molecule has 0 aliphatic carbocycles. The molecule has 0 saturated carbocycles. The molecular weight excluding hydrogens is 424 g/mol. The van der Waals surface area contributed by atoms with Crippen molar-refractivity contribution >= 4 is 22.1 Å². The quantitative estimate of drug-likeness (QED) is 0.426. The molecule has 1 atom stereocenters. The van der Waals surface area contributed by atoms with E-state index in [9.17, 15) is 23.1 Å². The van der Waals surface area contributed by atoms with Gasteiger partial charge in [0.2, 0.25) is 0 Å². The zero-order chi connectivity index (χ0) is 22.5. The molecule has 0 aliphatic heterocycles. The predicted octanol–water partition coefficient (Wildman–Crippen LogP) is 2.71. The van der Waals surface area contributed by atoms with Gasteiger partial charge in [-0.3, -0.25) is 4.84 Å². The van der Waals surface area contributed by atoms with E-state index in [1.54, 1.807) is 48.5 Å². The van der Waals surface area contributed by atoms with Gasteiger partial charge < -0.3 is 15.2 Å². The molecule has 0 spiro atoms. The number of rotatable bonds is 12. The second-order valence-corrected chi connectivity index (χ2v) is 7.98. The van der Waals surface area contributed by atoms with Crippen LogP contribution in [0.3, 0.4) is 0 Å². The maximum Gasteiger partial charge on any atom is 0.408 e. The summed E-state index contributed by atoms with van der Waals surface area (Å²) in [5, 5.41) is 12.4. The summed E-state index contributed by atoms with van der Waals surface area (Å²) < 4.78 is 28.7. The zero-order valence-corrected chi connectivity index (χ0v) is 17.5. The number of amides is 1. The van der Waals surface area contributed by atoms with Crippen LogP contribution in [0.1, 0.15) is 24.0 Å². The minimum atomic E-state index is -3.84. The van der Waals surface area contributed by atoms with Crippen molar-refractivity contribution < 1.29 is 32.7 Å². The van der Waals surface area contributed by atoms with Crippen molar-refractivity contribution in [2.45, 2.75) is 32.1 Å². The molecule has 0 heterocycles.